The van der Waals surface area contributed by atoms with Gasteiger partial charge in [0.05, 0.1) is 6.04 Å². The van der Waals surface area contributed by atoms with Crippen molar-refractivity contribution in [3.05, 3.63) is 47.5 Å². The lowest BCUT2D eigenvalue weighted by atomic mass is 9.70. The maximum absolute atomic E-state index is 14.9. The summed E-state index contributed by atoms with van der Waals surface area (Å²) in [4.78, 5) is 58.5. The smallest absolute Gasteiger partial charge is 0.332 e. The molecule has 5 atom stereocenters. The van der Waals surface area contributed by atoms with Crippen LogP contribution >= 0.6 is 0 Å². The van der Waals surface area contributed by atoms with Gasteiger partial charge >= 0.3 is 12.1 Å². The third-order valence-corrected chi connectivity index (χ3v) is 12.6. The fourth-order valence-corrected chi connectivity index (χ4v) is 9.30. The first-order chi connectivity index (χ1) is 24.2. The Kier molecular flexibility index (Phi) is 12.1. The monoisotopic (exact) mass is 704 g/mol. The number of rotatable bonds is 11. The van der Waals surface area contributed by atoms with E-state index < -0.39 is 17.5 Å². The van der Waals surface area contributed by atoms with Crippen LogP contribution in [0.5, 0.6) is 0 Å². The van der Waals surface area contributed by atoms with E-state index in [1.165, 1.54) is 17.0 Å². The summed E-state index contributed by atoms with van der Waals surface area (Å²) in [6.07, 6.45) is 13.5. The van der Waals surface area contributed by atoms with Crippen molar-refractivity contribution >= 4 is 23.9 Å². The Morgan fingerprint density at radius 2 is 1.55 bits per heavy atom. The highest BCUT2D eigenvalue weighted by atomic mass is 16.2. The molecule has 1 aliphatic heterocycles. The molecule has 4 aliphatic rings. The second-order valence-electron chi connectivity index (χ2n) is 17.2. The molecular formula is C41H64N6O4. The number of amides is 6. The van der Waals surface area contributed by atoms with Crippen LogP contribution in [0.25, 0.3) is 0 Å². The number of carbonyl (C=O) groups excluding carboxylic acids is 4. The van der Waals surface area contributed by atoms with Gasteiger partial charge in [0.15, 0.2) is 0 Å². The normalized spacial score (nSPS) is 25.3. The van der Waals surface area contributed by atoms with Gasteiger partial charge in [-0.1, -0.05) is 108 Å². The number of fused-ring (bicyclic) bond motifs is 1. The molecule has 0 spiro atoms. The predicted molar refractivity (Wildman–Crippen MR) is 201 cm³/mol. The third-order valence-electron chi connectivity index (χ3n) is 12.6. The van der Waals surface area contributed by atoms with Crippen LogP contribution in [0.15, 0.2) is 42.0 Å². The van der Waals surface area contributed by atoms with Gasteiger partial charge < -0.3 is 20.9 Å². The Balaban J connectivity index is 1.36. The van der Waals surface area contributed by atoms with E-state index in [4.69, 9.17) is 0 Å². The van der Waals surface area contributed by atoms with Crippen molar-refractivity contribution in [1.29, 1.82) is 0 Å². The molecule has 10 nitrogen and oxygen atoms in total. The average Bonchev–Trinajstić information content (AvgIpc) is 3.40. The zero-order chi connectivity index (χ0) is 37.0. The zero-order valence-corrected chi connectivity index (χ0v) is 32.3. The van der Waals surface area contributed by atoms with Crippen LogP contribution in [0.3, 0.4) is 0 Å². The molecule has 4 fully saturated rings. The Morgan fingerprint density at radius 3 is 2.16 bits per heavy atom. The molecule has 4 N–H and O–H groups in total. The summed E-state index contributed by atoms with van der Waals surface area (Å²) in [6, 6.07) is 7.27. The van der Waals surface area contributed by atoms with Crippen LogP contribution < -0.4 is 21.4 Å². The van der Waals surface area contributed by atoms with Gasteiger partial charge in [0.2, 0.25) is 5.91 Å². The fourth-order valence-electron chi connectivity index (χ4n) is 9.30. The molecule has 10 heteroatoms. The minimum absolute atomic E-state index is 0.0283. The van der Waals surface area contributed by atoms with Crippen LogP contribution in [0, 0.1) is 22.7 Å². The molecule has 1 heterocycles. The van der Waals surface area contributed by atoms with E-state index >= 15 is 0 Å². The Hall–Kier alpha value is -3.56. The first-order valence-corrected chi connectivity index (χ1v) is 19.7. The van der Waals surface area contributed by atoms with Crippen LogP contribution in [-0.2, 0) is 9.59 Å². The van der Waals surface area contributed by atoms with E-state index in [2.05, 4.69) is 62.1 Å². The van der Waals surface area contributed by atoms with E-state index in [0.29, 0.717) is 19.5 Å². The van der Waals surface area contributed by atoms with Gasteiger partial charge in [0.1, 0.15) is 12.1 Å². The molecule has 1 saturated heterocycles. The summed E-state index contributed by atoms with van der Waals surface area (Å²) >= 11 is 0. The standard InChI is InChI=1S/C41H64N6O4/c1-8-26-47(38(51)42-29(4)30-18-12-9-13-19-30)45-35(48)33-32-31(39(32,5)6)27-46(33)36(49)34(40(7)21-14-10-15-22-40)43-37(50)44-41(25-20-28(2)3)23-16-11-17-24-41/h9,12-13,18-20,29,31-34H,8,10-11,14-17,21-27H2,1-7H3,(H,42,51)(H,45,48)(H2,43,44,50)/t29-,31-,32-,33-,34+/m0/s1. The molecule has 0 bridgehead atoms. The van der Waals surface area contributed by atoms with E-state index in [1.807, 2.05) is 44.2 Å². The number of hydrazine groups is 1. The topological polar surface area (TPSA) is 123 Å². The first-order valence-electron chi connectivity index (χ1n) is 19.7. The highest BCUT2D eigenvalue weighted by molar-refractivity contribution is 5.94. The molecule has 6 amide bonds. The van der Waals surface area contributed by atoms with Crippen LogP contribution in [0.2, 0.25) is 0 Å². The molecule has 0 unspecified atom stereocenters. The maximum atomic E-state index is 14.9. The van der Waals surface area contributed by atoms with Crippen molar-refractivity contribution < 1.29 is 19.2 Å². The first kappa shape index (κ1) is 38.7. The summed E-state index contributed by atoms with van der Waals surface area (Å²) in [7, 11) is 0. The van der Waals surface area contributed by atoms with Gasteiger partial charge in [-0.25, -0.2) is 14.6 Å². The predicted octanol–water partition coefficient (Wildman–Crippen LogP) is 7.38. The number of likely N-dealkylation sites (tertiary alicyclic amines) is 1. The molecule has 0 aromatic heterocycles. The second kappa shape index (κ2) is 16.0. The number of benzene rings is 1. The minimum atomic E-state index is -0.764. The molecule has 1 aromatic rings. The van der Waals surface area contributed by atoms with Gasteiger partial charge in [-0.05, 0) is 87.5 Å². The number of allylic oxidation sites excluding steroid dienone is 1. The summed E-state index contributed by atoms with van der Waals surface area (Å²) in [5, 5.41) is 11.0. The summed E-state index contributed by atoms with van der Waals surface area (Å²) in [5.41, 5.74) is 4.26. The van der Waals surface area contributed by atoms with Crippen molar-refractivity contribution in [3.63, 3.8) is 0 Å². The molecule has 1 aromatic carbocycles. The number of nitrogens with zero attached hydrogens (tertiary/aromatic N) is 2. The molecule has 0 radical (unpaired) electrons. The van der Waals surface area contributed by atoms with Crippen LogP contribution in [0.4, 0.5) is 9.59 Å². The lowest BCUT2D eigenvalue weighted by Crippen LogP contribution is -2.64. The number of hydrogen-bond donors (Lipinski definition) is 4. The van der Waals surface area contributed by atoms with Gasteiger partial charge in [0, 0.05) is 18.6 Å². The average molecular weight is 705 g/mol. The van der Waals surface area contributed by atoms with E-state index in [0.717, 1.165) is 69.8 Å². The zero-order valence-electron chi connectivity index (χ0n) is 32.3. The molecule has 3 aliphatic carbocycles. The Bertz CT molecular complexity index is 1430. The molecule has 51 heavy (non-hydrogen) atoms. The van der Waals surface area contributed by atoms with Crippen molar-refractivity contribution in [2.75, 3.05) is 13.1 Å². The van der Waals surface area contributed by atoms with E-state index in [1.54, 1.807) is 4.90 Å². The highest BCUT2D eigenvalue weighted by Gasteiger charge is 2.70. The van der Waals surface area contributed by atoms with Gasteiger partial charge in [0.25, 0.3) is 5.91 Å². The largest absolute Gasteiger partial charge is 0.336 e. The van der Waals surface area contributed by atoms with Crippen molar-refractivity contribution in [2.24, 2.45) is 22.7 Å². The minimum Gasteiger partial charge on any atom is -0.332 e. The van der Waals surface area contributed by atoms with Crippen molar-refractivity contribution in [1.82, 2.24) is 31.3 Å². The van der Waals surface area contributed by atoms with Gasteiger partial charge in [-0.2, -0.15) is 0 Å². The Labute approximate surface area is 306 Å². The summed E-state index contributed by atoms with van der Waals surface area (Å²) in [6.45, 7) is 15.3. The third kappa shape index (κ3) is 8.74. The number of carbonyl (C=O) groups is 4. The summed E-state index contributed by atoms with van der Waals surface area (Å²) in [5.74, 6) is -0.396. The van der Waals surface area contributed by atoms with Gasteiger partial charge in [-0.3, -0.25) is 15.0 Å². The molecule has 3 saturated carbocycles. The SMILES string of the molecule is CCCN(NC(=O)[C@@H]1[C@@H]2[C@H](CN1C(=O)[C@@H](NC(=O)NC1(CC=C(C)C)CCCCC1)C1(C)CCCCC1)C2(C)C)C(=O)N[C@@H](C)c1ccccc1. The number of nitrogens with one attached hydrogen (secondary N) is 4. The second-order valence-corrected chi connectivity index (χ2v) is 17.2. The van der Waals surface area contributed by atoms with Crippen LogP contribution in [-0.4, -0.2) is 64.5 Å². The van der Waals surface area contributed by atoms with Crippen LogP contribution in [0.1, 0.15) is 137 Å². The van der Waals surface area contributed by atoms with Gasteiger partial charge in [-0.15, -0.1) is 0 Å². The number of urea groups is 2. The van der Waals surface area contributed by atoms with Crippen molar-refractivity contribution in [2.45, 2.75) is 149 Å². The maximum Gasteiger partial charge on any atom is 0.336 e. The fraction of sp³-hybridized carbons (Fsp3) is 0.707. The van der Waals surface area contributed by atoms with Crippen molar-refractivity contribution in [3.8, 4) is 0 Å². The molecule has 5 rings (SSSR count). The summed E-state index contributed by atoms with van der Waals surface area (Å²) < 4.78 is 0. The van der Waals surface area contributed by atoms with E-state index in [-0.39, 0.29) is 52.7 Å². The number of hydrogen-bond acceptors (Lipinski definition) is 4. The number of piperidine rings is 1. The Morgan fingerprint density at radius 1 is 0.922 bits per heavy atom. The highest BCUT2D eigenvalue weighted by Crippen LogP contribution is 2.65. The quantitative estimate of drug-likeness (QED) is 0.142. The lowest BCUT2D eigenvalue weighted by Gasteiger charge is -2.44. The molecular weight excluding hydrogens is 640 g/mol. The molecule has 282 valence electrons. The lowest BCUT2D eigenvalue weighted by molar-refractivity contribution is -0.146. The van der Waals surface area contributed by atoms with E-state index in [9.17, 15) is 19.2 Å².